The van der Waals surface area contributed by atoms with Gasteiger partial charge in [0, 0.05) is 0 Å². The Morgan fingerprint density at radius 2 is 1.82 bits per heavy atom. The summed E-state index contributed by atoms with van der Waals surface area (Å²) in [4.78, 5) is 0. The molecule has 0 saturated carbocycles. The van der Waals surface area contributed by atoms with Crippen LogP contribution in [0.4, 0.5) is 0 Å². The summed E-state index contributed by atoms with van der Waals surface area (Å²) in [7, 11) is 0. The quantitative estimate of drug-likeness (QED) is 0.574. The van der Waals surface area contributed by atoms with Crippen molar-refractivity contribution in [1.29, 1.82) is 0 Å². The molecule has 1 rings (SSSR count). The van der Waals surface area contributed by atoms with Crippen molar-refractivity contribution in [3.63, 3.8) is 0 Å². The van der Waals surface area contributed by atoms with E-state index in [1.54, 1.807) is 0 Å². The van der Waals surface area contributed by atoms with Crippen molar-refractivity contribution in [2.24, 2.45) is 0 Å². The lowest BCUT2D eigenvalue weighted by Gasteiger charge is -1.92. The molecule has 1 N–H and O–H groups in total. The summed E-state index contributed by atoms with van der Waals surface area (Å²) in [5.74, 6) is 0. The van der Waals surface area contributed by atoms with E-state index in [0.29, 0.717) is 11.2 Å². The van der Waals surface area contributed by atoms with Crippen LogP contribution in [0, 0.1) is 0 Å². The molecule has 1 aliphatic rings. The van der Waals surface area contributed by atoms with Gasteiger partial charge in [0.2, 0.25) is 0 Å². The zero-order valence-corrected chi connectivity index (χ0v) is 8.92. The Morgan fingerprint density at radius 1 is 1.36 bits per heavy atom. The molecule has 0 amide bonds. The third-order valence-electron chi connectivity index (χ3n) is 0.829. The average molecular weight is 177 g/mol. The van der Waals surface area contributed by atoms with Crippen molar-refractivity contribution in [2.45, 2.75) is 40.7 Å². The van der Waals surface area contributed by atoms with Gasteiger partial charge in [-0.05, 0) is 19.1 Å². The average Bonchev–Trinajstić information content (AvgIpc) is 2.43. The number of hydrogen-bond donors (Lipinski definition) is 1. The van der Waals surface area contributed by atoms with E-state index < -0.39 is 0 Å². The van der Waals surface area contributed by atoms with E-state index in [2.05, 4.69) is 17.5 Å². The van der Waals surface area contributed by atoms with Crippen LogP contribution < -0.4 is 5.32 Å². The van der Waals surface area contributed by atoms with E-state index in [1.807, 2.05) is 34.6 Å². The predicted molar refractivity (Wildman–Crippen MR) is 53.8 cm³/mol. The Bertz CT molecular complexity index is 96.1. The number of hydrogen-bond acceptors (Lipinski definition) is 2. The van der Waals surface area contributed by atoms with E-state index >= 15 is 0 Å². The van der Waals surface area contributed by atoms with Crippen LogP contribution in [0.25, 0.3) is 0 Å². The molecule has 1 aliphatic heterocycles. The Morgan fingerprint density at radius 3 is 1.91 bits per heavy atom. The van der Waals surface area contributed by atoms with Crippen molar-refractivity contribution >= 4 is 17.4 Å². The van der Waals surface area contributed by atoms with Crippen LogP contribution in [-0.2, 0) is 4.74 Å². The van der Waals surface area contributed by atoms with E-state index in [-0.39, 0.29) is 0 Å². The Labute approximate surface area is 75.3 Å². The molecule has 0 spiro atoms. The number of ether oxygens (including phenoxy) is 1. The molecular weight excluding hydrogens is 158 g/mol. The predicted octanol–water partition coefficient (Wildman–Crippen LogP) is 2.33. The molecule has 2 nitrogen and oxygen atoms in total. The summed E-state index contributed by atoms with van der Waals surface area (Å²) in [6, 6.07) is 0.410. The minimum atomic E-state index is 0.410. The Balaban J connectivity index is 0. The van der Waals surface area contributed by atoms with Gasteiger partial charge in [-0.15, -0.1) is 0 Å². The first-order valence-electron chi connectivity index (χ1n) is 4.22. The zero-order chi connectivity index (χ0) is 9.28. The van der Waals surface area contributed by atoms with Gasteiger partial charge in [-0.25, -0.2) is 0 Å². The highest BCUT2D eigenvalue weighted by atomic mass is 32.1. The molecule has 1 fully saturated rings. The summed E-state index contributed by atoms with van der Waals surface area (Å²) in [6.07, 6.45) is 0. The molecule has 68 valence electrons. The number of thiocarbonyl (C=S) groups is 1. The van der Waals surface area contributed by atoms with E-state index in [1.165, 1.54) is 0 Å². The lowest BCUT2D eigenvalue weighted by atomic mass is 10.4. The van der Waals surface area contributed by atoms with E-state index in [0.717, 1.165) is 6.61 Å². The molecule has 0 aliphatic carbocycles. The van der Waals surface area contributed by atoms with Crippen molar-refractivity contribution in [3.8, 4) is 0 Å². The molecule has 1 atom stereocenters. The van der Waals surface area contributed by atoms with Crippen molar-refractivity contribution in [2.75, 3.05) is 6.61 Å². The van der Waals surface area contributed by atoms with Gasteiger partial charge in [0.1, 0.15) is 6.61 Å². The third-order valence-corrected chi connectivity index (χ3v) is 1.06. The normalized spacial score (nSPS) is 19.7. The Hall–Kier alpha value is -0.310. The standard InChI is InChI=1S/C4H7NOS.2C2H6/c1-3-2-6-4(7)5-3;2*1-2/h3H,2H2,1H3,(H,5,7);2*1-2H3. The van der Waals surface area contributed by atoms with Crippen LogP contribution >= 0.6 is 12.2 Å². The fraction of sp³-hybridized carbons (Fsp3) is 0.875. The lowest BCUT2D eigenvalue weighted by Crippen LogP contribution is -2.21. The molecule has 0 aromatic heterocycles. The minimum absolute atomic E-state index is 0.410. The molecule has 1 unspecified atom stereocenters. The topological polar surface area (TPSA) is 21.3 Å². The zero-order valence-electron chi connectivity index (χ0n) is 8.10. The third kappa shape index (κ3) is 7.59. The first kappa shape index (κ1) is 13.3. The fourth-order valence-corrected chi connectivity index (χ4v) is 0.754. The molecule has 0 aromatic carbocycles. The van der Waals surface area contributed by atoms with Crippen LogP contribution in [0.2, 0.25) is 0 Å². The highest BCUT2D eigenvalue weighted by Crippen LogP contribution is 1.94. The van der Waals surface area contributed by atoms with Gasteiger partial charge >= 0.3 is 0 Å². The first-order valence-corrected chi connectivity index (χ1v) is 4.63. The second-order valence-electron chi connectivity index (χ2n) is 1.64. The molecule has 1 saturated heterocycles. The number of rotatable bonds is 0. The molecule has 0 radical (unpaired) electrons. The smallest absolute Gasteiger partial charge is 0.257 e. The maximum atomic E-state index is 4.89. The van der Waals surface area contributed by atoms with Gasteiger partial charge in [-0.1, -0.05) is 27.7 Å². The molecule has 0 bridgehead atoms. The number of nitrogens with one attached hydrogen (secondary N) is 1. The Kier molecular flexibility index (Phi) is 11.7. The van der Waals surface area contributed by atoms with Crippen LogP contribution in [0.5, 0.6) is 0 Å². The van der Waals surface area contributed by atoms with Gasteiger partial charge in [0.05, 0.1) is 6.04 Å². The summed E-state index contributed by atoms with van der Waals surface area (Å²) in [5, 5.41) is 3.46. The van der Waals surface area contributed by atoms with Gasteiger partial charge < -0.3 is 10.1 Å². The lowest BCUT2D eigenvalue weighted by molar-refractivity contribution is 0.338. The molecule has 11 heavy (non-hydrogen) atoms. The summed E-state index contributed by atoms with van der Waals surface area (Å²) < 4.78 is 4.89. The van der Waals surface area contributed by atoms with Gasteiger partial charge in [0.25, 0.3) is 5.17 Å². The summed E-state index contributed by atoms with van der Waals surface area (Å²) in [6.45, 7) is 10.7. The van der Waals surface area contributed by atoms with E-state index in [9.17, 15) is 0 Å². The highest BCUT2D eigenvalue weighted by Gasteiger charge is 2.12. The second-order valence-corrected chi connectivity index (χ2v) is 2.01. The van der Waals surface area contributed by atoms with Crippen LogP contribution in [0.3, 0.4) is 0 Å². The maximum absolute atomic E-state index is 4.89. The van der Waals surface area contributed by atoms with Crippen molar-refractivity contribution < 1.29 is 4.74 Å². The minimum Gasteiger partial charge on any atom is -0.469 e. The summed E-state index contributed by atoms with van der Waals surface area (Å²) >= 11 is 4.66. The van der Waals surface area contributed by atoms with Gasteiger partial charge in [0.15, 0.2) is 0 Å². The fourth-order valence-electron chi connectivity index (χ4n) is 0.485. The molecule has 0 aromatic rings. The molecule has 1 heterocycles. The van der Waals surface area contributed by atoms with Crippen molar-refractivity contribution in [3.05, 3.63) is 0 Å². The SMILES string of the molecule is CC.CC.CC1COC(=S)N1. The second kappa shape index (κ2) is 9.69. The van der Waals surface area contributed by atoms with Crippen LogP contribution in [0.1, 0.15) is 34.6 Å². The molecular formula is C8H19NOS. The largest absolute Gasteiger partial charge is 0.469 e. The monoisotopic (exact) mass is 177 g/mol. The highest BCUT2D eigenvalue weighted by molar-refractivity contribution is 7.80. The summed E-state index contributed by atoms with van der Waals surface area (Å²) in [5.41, 5.74) is 0. The molecule has 3 heteroatoms. The van der Waals surface area contributed by atoms with Crippen LogP contribution in [-0.4, -0.2) is 17.8 Å². The van der Waals surface area contributed by atoms with E-state index in [4.69, 9.17) is 4.74 Å². The maximum Gasteiger partial charge on any atom is 0.257 e. The van der Waals surface area contributed by atoms with Gasteiger partial charge in [-0.3, -0.25) is 0 Å². The first-order chi connectivity index (χ1) is 5.29. The van der Waals surface area contributed by atoms with Crippen molar-refractivity contribution in [1.82, 2.24) is 5.32 Å². The van der Waals surface area contributed by atoms with Crippen LogP contribution in [0.15, 0.2) is 0 Å². The van der Waals surface area contributed by atoms with Gasteiger partial charge in [-0.2, -0.15) is 0 Å².